The molecule has 1 aliphatic heterocycles. The third-order valence-electron chi connectivity index (χ3n) is 3.78. The molecule has 1 saturated heterocycles. The van der Waals surface area contributed by atoms with E-state index in [1.807, 2.05) is 24.0 Å². The summed E-state index contributed by atoms with van der Waals surface area (Å²) in [4.78, 5) is 17.4. The summed E-state index contributed by atoms with van der Waals surface area (Å²) in [6, 6.07) is 3.69. The number of carbonyl (C=O) groups excluding carboxylic acids is 1. The van der Waals surface area contributed by atoms with Gasteiger partial charge in [-0.15, -0.1) is 5.10 Å². The van der Waals surface area contributed by atoms with Gasteiger partial charge in [-0.2, -0.15) is 10.1 Å². The van der Waals surface area contributed by atoms with E-state index in [0.29, 0.717) is 24.0 Å². The van der Waals surface area contributed by atoms with Crippen LogP contribution in [0, 0.1) is 6.92 Å². The number of piperidine rings is 1. The van der Waals surface area contributed by atoms with Crippen LogP contribution in [0.4, 0.5) is 0 Å². The van der Waals surface area contributed by atoms with Crippen LogP contribution in [-0.2, 0) is 4.79 Å². The summed E-state index contributed by atoms with van der Waals surface area (Å²) in [5.74, 6) is 0.999. The highest BCUT2D eigenvalue weighted by atomic mass is 16.5. The van der Waals surface area contributed by atoms with Crippen molar-refractivity contribution in [3.63, 3.8) is 0 Å². The van der Waals surface area contributed by atoms with Crippen molar-refractivity contribution < 1.29 is 9.32 Å². The molecular formula is C14H18N6O2. The van der Waals surface area contributed by atoms with Gasteiger partial charge in [-0.3, -0.25) is 9.69 Å². The summed E-state index contributed by atoms with van der Waals surface area (Å²) < 4.78 is 5.37. The zero-order valence-electron chi connectivity index (χ0n) is 12.4. The van der Waals surface area contributed by atoms with Crippen LogP contribution in [0.25, 0.3) is 11.5 Å². The Morgan fingerprint density at radius 2 is 2.14 bits per heavy atom. The van der Waals surface area contributed by atoms with E-state index in [9.17, 15) is 4.79 Å². The van der Waals surface area contributed by atoms with Gasteiger partial charge in [0.25, 0.3) is 0 Å². The van der Waals surface area contributed by atoms with Gasteiger partial charge in [0, 0.05) is 5.92 Å². The fourth-order valence-electron chi connectivity index (χ4n) is 2.58. The predicted octanol–water partition coefficient (Wildman–Crippen LogP) is 0.500. The van der Waals surface area contributed by atoms with Crippen LogP contribution in [0.5, 0.6) is 0 Å². The molecule has 0 spiro atoms. The molecule has 1 amide bonds. The van der Waals surface area contributed by atoms with Crippen molar-refractivity contribution >= 4 is 5.91 Å². The van der Waals surface area contributed by atoms with Gasteiger partial charge in [0.1, 0.15) is 5.69 Å². The van der Waals surface area contributed by atoms with Gasteiger partial charge >= 0.3 is 0 Å². The van der Waals surface area contributed by atoms with Gasteiger partial charge < -0.3 is 10.3 Å². The lowest BCUT2D eigenvalue weighted by atomic mass is 9.97. The molecule has 2 N–H and O–H groups in total. The average molecular weight is 302 g/mol. The number of likely N-dealkylation sites (tertiary alicyclic amines) is 1. The molecule has 0 aliphatic carbocycles. The molecule has 0 radical (unpaired) electrons. The van der Waals surface area contributed by atoms with E-state index >= 15 is 0 Å². The molecule has 3 heterocycles. The van der Waals surface area contributed by atoms with Gasteiger partial charge in [0.05, 0.1) is 12.2 Å². The van der Waals surface area contributed by atoms with Crippen LogP contribution in [-0.4, -0.2) is 50.8 Å². The Labute approximate surface area is 127 Å². The molecule has 0 bridgehead atoms. The Morgan fingerprint density at radius 1 is 1.36 bits per heavy atom. The lowest BCUT2D eigenvalue weighted by Crippen LogP contribution is -2.39. The van der Waals surface area contributed by atoms with Crippen molar-refractivity contribution in [3.05, 3.63) is 23.7 Å². The number of hydrogen-bond donors (Lipinski definition) is 1. The van der Waals surface area contributed by atoms with E-state index in [1.165, 1.54) is 0 Å². The highest BCUT2D eigenvalue weighted by Crippen LogP contribution is 2.27. The highest BCUT2D eigenvalue weighted by molar-refractivity contribution is 5.75. The van der Waals surface area contributed by atoms with E-state index in [1.54, 1.807) is 0 Å². The Morgan fingerprint density at radius 3 is 2.77 bits per heavy atom. The van der Waals surface area contributed by atoms with Crippen LogP contribution in [0.15, 0.2) is 16.7 Å². The lowest BCUT2D eigenvalue weighted by molar-refractivity contribution is -0.119. The van der Waals surface area contributed by atoms with Crippen LogP contribution >= 0.6 is 0 Å². The smallest absolute Gasteiger partial charge is 0.231 e. The average Bonchev–Trinajstić information content (AvgIpc) is 2.98. The van der Waals surface area contributed by atoms with Gasteiger partial charge in [-0.05, 0) is 45.0 Å². The third kappa shape index (κ3) is 3.28. The number of hydrogen-bond acceptors (Lipinski definition) is 7. The molecule has 0 atom stereocenters. The summed E-state index contributed by atoms with van der Waals surface area (Å²) in [5.41, 5.74) is 6.66. The van der Waals surface area contributed by atoms with Crippen molar-refractivity contribution in [2.45, 2.75) is 25.7 Å². The number of aryl methyl sites for hydroxylation is 1. The quantitative estimate of drug-likeness (QED) is 0.875. The second-order valence-corrected chi connectivity index (χ2v) is 5.53. The minimum atomic E-state index is -0.295. The van der Waals surface area contributed by atoms with Crippen molar-refractivity contribution in [1.29, 1.82) is 0 Å². The second kappa shape index (κ2) is 6.18. The Balaban J connectivity index is 1.65. The Hall–Kier alpha value is -2.35. The summed E-state index contributed by atoms with van der Waals surface area (Å²) in [5, 5.41) is 12.0. The van der Waals surface area contributed by atoms with Crippen LogP contribution in [0.3, 0.4) is 0 Å². The van der Waals surface area contributed by atoms with Gasteiger partial charge in [-0.25, -0.2) is 0 Å². The van der Waals surface area contributed by atoms with Gasteiger partial charge in [0.15, 0.2) is 0 Å². The zero-order chi connectivity index (χ0) is 15.5. The zero-order valence-corrected chi connectivity index (χ0v) is 12.4. The summed E-state index contributed by atoms with van der Waals surface area (Å²) in [6.07, 6.45) is 1.74. The number of nitrogens with two attached hydrogens (primary N) is 1. The fraction of sp³-hybridized carbons (Fsp3) is 0.500. The molecule has 2 aromatic heterocycles. The van der Waals surface area contributed by atoms with Gasteiger partial charge in [-0.1, -0.05) is 5.16 Å². The number of carbonyl (C=O) groups is 1. The topological polar surface area (TPSA) is 111 Å². The van der Waals surface area contributed by atoms with E-state index in [2.05, 4.69) is 20.3 Å². The SMILES string of the molecule is Cc1ccc(-c2noc(C3CCN(CC(N)=O)CC3)n2)nn1. The molecule has 8 nitrogen and oxygen atoms in total. The third-order valence-corrected chi connectivity index (χ3v) is 3.78. The Kier molecular flexibility index (Phi) is 4.10. The first kappa shape index (κ1) is 14.6. The number of nitrogens with zero attached hydrogens (tertiary/aromatic N) is 5. The molecular weight excluding hydrogens is 284 g/mol. The molecule has 8 heteroatoms. The molecule has 1 aliphatic rings. The molecule has 3 rings (SSSR count). The number of primary amides is 1. The minimum absolute atomic E-state index is 0.212. The van der Waals surface area contributed by atoms with E-state index in [4.69, 9.17) is 10.3 Å². The molecule has 0 saturated carbocycles. The van der Waals surface area contributed by atoms with Crippen LogP contribution in [0.1, 0.15) is 30.3 Å². The molecule has 116 valence electrons. The molecule has 0 unspecified atom stereocenters. The molecule has 0 aromatic carbocycles. The maximum Gasteiger partial charge on any atom is 0.231 e. The molecule has 22 heavy (non-hydrogen) atoms. The standard InChI is InChI=1S/C14H18N6O2/c1-9-2-3-11(18-17-9)13-16-14(22-19-13)10-4-6-20(7-5-10)8-12(15)21/h2-3,10H,4-8H2,1H3,(H2,15,21). The molecule has 2 aromatic rings. The first-order valence-electron chi connectivity index (χ1n) is 7.27. The lowest BCUT2D eigenvalue weighted by Gasteiger charge is -2.29. The van der Waals surface area contributed by atoms with Crippen LogP contribution in [0.2, 0.25) is 0 Å². The maximum atomic E-state index is 10.9. The molecule has 1 fully saturated rings. The minimum Gasteiger partial charge on any atom is -0.369 e. The van der Waals surface area contributed by atoms with Gasteiger partial charge in [0.2, 0.25) is 17.6 Å². The van der Waals surface area contributed by atoms with Crippen molar-refractivity contribution in [1.82, 2.24) is 25.2 Å². The second-order valence-electron chi connectivity index (χ2n) is 5.53. The fourth-order valence-corrected chi connectivity index (χ4v) is 2.58. The number of aromatic nitrogens is 4. The summed E-state index contributed by atoms with van der Waals surface area (Å²) >= 11 is 0. The Bertz CT molecular complexity index is 646. The number of amides is 1. The summed E-state index contributed by atoms with van der Waals surface area (Å²) in [6.45, 7) is 3.78. The largest absolute Gasteiger partial charge is 0.369 e. The number of rotatable bonds is 4. The van der Waals surface area contributed by atoms with Crippen LogP contribution < -0.4 is 5.73 Å². The van der Waals surface area contributed by atoms with E-state index in [-0.39, 0.29) is 11.8 Å². The highest BCUT2D eigenvalue weighted by Gasteiger charge is 2.26. The normalized spacial score (nSPS) is 16.8. The first-order valence-corrected chi connectivity index (χ1v) is 7.27. The van der Waals surface area contributed by atoms with E-state index in [0.717, 1.165) is 31.6 Å². The van der Waals surface area contributed by atoms with Crippen molar-refractivity contribution in [2.75, 3.05) is 19.6 Å². The predicted molar refractivity (Wildman–Crippen MR) is 77.7 cm³/mol. The maximum absolute atomic E-state index is 10.9. The summed E-state index contributed by atoms with van der Waals surface area (Å²) in [7, 11) is 0. The van der Waals surface area contributed by atoms with Crippen molar-refractivity contribution in [3.8, 4) is 11.5 Å². The van der Waals surface area contributed by atoms with Crippen molar-refractivity contribution in [2.24, 2.45) is 5.73 Å². The monoisotopic (exact) mass is 302 g/mol. The van der Waals surface area contributed by atoms with E-state index < -0.39 is 0 Å². The first-order chi connectivity index (χ1) is 10.6.